The zero-order valence-electron chi connectivity index (χ0n) is 12.1. The monoisotopic (exact) mass is 281 g/mol. The van der Waals surface area contributed by atoms with Crippen LogP contribution in [-0.2, 0) is 13.0 Å². The number of anilines is 2. The number of hydrogen-bond donors (Lipinski definition) is 3. The molecule has 1 aliphatic heterocycles. The second kappa shape index (κ2) is 5.97. The maximum absolute atomic E-state index is 12.1. The number of hydrogen-bond acceptors (Lipinski definition) is 2. The highest BCUT2D eigenvalue weighted by Crippen LogP contribution is 2.19. The lowest BCUT2D eigenvalue weighted by Crippen LogP contribution is -2.24. The van der Waals surface area contributed by atoms with Crippen LogP contribution >= 0.6 is 0 Å². The van der Waals surface area contributed by atoms with Gasteiger partial charge in [-0.1, -0.05) is 24.3 Å². The summed E-state index contributed by atoms with van der Waals surface area (Å²) in [6.45, 7) is 3.87. The molecule has 2 aromatic rings. The van der Waals surface area contributed by atoms with Crippen LogP contribution in [0.2, 0.25) is 0 Å². The first kappa shape index (κ1) is 13.6. The van der Waals surface area contributed by atoms with Crippen molar-refractivity contribution in [3.05, 3.63) is 59.2 Å². The molecule has 0 bridgehead atoms. The van der Waals surface area contributed by atoms with Crippen LogP contribution in [0.5, 0.6) is 0 Å². The number of urea groups is 1. The number of para-hydroxylation sites is 1. The van der Waals surface area contributed by atoms with Gasteiger partial charge in [-0.3, -0.25) is 0 Å². The minimum Gasteiger partial charge on any atom is -0.312 e. The molecule has 3 N–H and O–H groups in total. The van der Waals surface area contributed by atoms with Gasteiger partial charge in [0, 0.05) is 17.9 Å². The lowest BCUT2D eigenvalue weighted by molar-refractivity contribution is 0.262. The minimum atomic E-state index is -0.210. The van der Waals surface area contributed by atoms with E-state index < -0.39 is 0 Å². The number of carbonyl (C=O) groups excluding carboxylic acids is 1. The summed E-state index contributed by atoms with van der Waals surface area (Å²) in [6.07, 6.45) is 1.00. The van der Waals surface area contributed by atoms with Crippen LogP contribution in [-0.4, -0.2) is 12.6 Å². The fraction of sp³-hybridized carbons (Fsp3) is 0.235. The highest BCUT2D eigenvalue weighted by atomic mass is 16.2. The van der Waals surface area contributed by atoms with E-state index in [1.54, 1.807) is 0 Å². The minimum absolute atomic E-state index is 0.210. The predicted molar refractivity (Wildman–Crippen MR) is 85.7 cm³/mol. The van der Waals surface area contributed by atoms with E-state index in [1.165, 1.54) is 11.1 Å². The lowest BCUT2D eigenvalue weighted by Gasteiger charge is -2.18. The second-order valence-electron chi connectivity index (χ2n) is 5.30. The molecule has 1 aliphatic rings. The summed E-state index contributed by atoms with van der Waals surface area (Å²) in [4.78, 5) is 12.1. The molecule has 0 aromatic heterocycles. The Morgan fingerprint density at radius 3 is 2.81 bits per heavy atom. The maximum atomic E-state index is 12.1. The Kier molecular flexibility index (Phi) is 3.88. The number of fused-ring (bicyclic) bond motifs is 1. The Morgan fingerprint density at radius 2 is 1.95 bits per heavy atom. The van der Waals surface area contributed by atoms with Gasteiger partial charge >= 0.3 is 6.03 Å². The van der Waals surface area contributed by atoms with Crippen molar-refractivity contribution in [2.45, 2.75) is 19.9 Å². The molecule has 108 valence electrons. The highest BCUT2D eigenvalue weighted by Gasteiger charge is 2.10. The van der Waals surface area contributed by atoms with Crippen molar-refractivity contribution in [3.8, 4) is 0 Å². The second-order valence-corrected chi connectivity index (χ2v) is 5.30. The van der Waals surface area contributed by atoms with Crippen molar-refractivity contribution in [1.82, 2.24) is 5.32 Å². The van der Waals surface area contributed by atoms with Crippen LogP contribution in [0, 0.1) is 6.92 Å². The number of nitrogens with one attached hydrogen (secondary N) is 3. The van der Waals surface area contributed by atoms with E-state index in [9.17, 15) is 4.79 Å². The van der Waals surface area contributed by atoms with Crippen molar-refractivity contribution in [2.75, 3.05) is 17.2 Å². The molecular formula is C17H19N3O. The SMILES string of the molecule is Cc1ccccc1NC(=O)Nc1ccc2c(c1)CCNC2. The average molecular weight is 281 g/mol. The average Bonchev–Trinajstić information content (AvgIpc) is 2.49. The Bertz CT molecular complexity index is 667. The molecule has 0 fully saturated rings. The number of carbonyl (C=O) groups is 1. The number of amides is 2. The highest BCUT2D eigenvalue weighted by molar-refractivity contribution is 6.00. The predicted octanol–water partition coefficient (Wildman–Crippen LogP) is 3.28. The quantitative estimate of drug-likeness (QED) is 0.791. The van der Waals surface area contributed by atoms with Crippen LogP contribution in [0.25, 0.3) is 0 Å². The molecule has 21 heavy (non-hydrogen) atoms. The molecule has 0 atom stereocenters. The number of benzene rings is 2. The van der Waals surface area contributed by atoms with Gasteiger partial charge < -0.3 is 16.0 Å². The molecule has 2 aromatic carbocycles. The maximum Gasteiger partial charge on any atom is 0.323 e. The molecule has 2 amide bonds. The van der Waals surface area contributed by atoms with Gasteiger partial charge in [0.2, 0.25) is 0 Å². The standard InChI is InChI=1S/C17H19N3O/c1-12-4-2-3-5-16(12)20-17(21)19-15-7-6-14-11-18-9-8-13(14)10-15/h2-7,10,18H,8-9,11H2,1H3,(H2,19,20,21). The smallest absolute Gasteiger partial charge is 0.312 e. The zero-order chi connectivity index (χ0) is 14.7. The van der Waals surface area contributed by atoms with Gasteiger partial charge in [-0.15, -0.1) is 0 Å². The molecule has 0 spiro atoms. The summed E-state index contributed by atoms with van der Waals surface area (Å²) in [5.74, 6) is 0. The van der Waals surface area contributed by atoms with E-state index in [-0.39, 0.29) is 6.03 Å². The van der Waals surface area contributed by atoms with Gasteiger partial charge in [0.25, 0.3) is 0 Å². The van der Waals surface area contributed by atoms with E-state index in [0.29, 0.717) is 0 Å². The fourth-order valence-corrected chi connectivity index (χ4v) is 2.55. The van der Waals surface area contributed by atoms with Crippen molar-refractivity contribution >= 4 is 17.4 Å². The van der Waals surface area contributed by atoms with Gasteiger partial charge in [-0.25, -0.2) is 4.79 Å². The molecule has 1 heterocycles. The van der Waals surface area contributed by atoms with Gasteiger partial charge in [0.1, 0.15) is 0 Å². The largest absolute Gasteiger partial charge is 0.323 e. The molecule has 0 aliphatic carbocycles. The van der Waals surface area contributed by atoms with Gasteiger partial charge in [-0.05, 0) is 54.8 Å². The van der Waals surface area contributed by atoms with Gasteiger partial charge in [0.15, 0.2) is 0 Å². The molecule has 3 rings (SSSR count). The van der Waals surface area contributed by atoms with Gasteiger partial charge in [-0.2, -0.15) is 0 Å². The lowest BCUT2D eigenvalue weighted by atomic mass is 10.0. The topological polar surface area (TPSA) is 53.2 Å². The normalized spacial score (nSPS) is 13.4. The Hall–Kier alpha value is -2.33. The molecule has 0 radical (unpaired) electrons. The third-order valence-corrected chi connectivity index (χ3v) is 3.74. The summed E-state index contributed by atoms with van der Waals surface area (Å²) < 4.78 is 0. The summed E-state index contributed by atoms with van der Waals surface area (Å²) in [5.41, 5.74) is 5.33. The number of aryl methyl sites for hydroxylation is 1. The summed E-state index contributed by atoms with van der Waals surface area (Å²) in [5, 5.41) is 9.11. The molecule has 4 nitrogen and oxygen atoms in total. The molecular weight excluding hydrogens is 262 g/mol. The molecule has 0 saturated heterocycles. The summed E-state index contributed by atoms with van der Waals surface area (Å²) in [7, 11) is 0. The van der Waals surface area contributed by atoms with E-state index in [0.717, 1.165) is 36.4 Å². The first-order valence-corrected chi connectivity index (χ1v) is 7.18. The Balaban J connectivity index is 1.69. The first-order chi connectivity index (χ1) is 10.2. The van der Waals surface area contributed by atoms with Crippen molar-refractivity contribution in [2.24, 2.45) is 0 Å². The van der Waals surface area contributed by atoms with Crippen LogP contribution in [0.3, 0.4) is 0 Å². The first-order valence-electron chi connectivity index (χ1n) is 7.18. The van der Waals surface area contributed by atoms with E-state index in [2.05, 4.69) is 28.1 Å². The van der Waals surface area contributed by atoms with E-state index in [4.69, 9.17) is 0 Å². The molecule has 0 unspecified atom stereocenters. The van der Waals surface area contributed by atoms with Crippen molar-refractivity contribution in [3.63, 3.8) is 0 Å². The van der Waals surface area contributed by atoms with Crippen LogP contribution in [0.15, 0.2) is 42.5 Å². The van der Waals surface area contributed by atoms with Crippen LogP contribution in [0.1, 0.15) is 16.7 Å². The zero-order valence-corrected chi connectivity index (χ0v) is 12.1. The van der Waals surface area contributed by atoms with Crippen molar-refractivity contribution < 1.29 is 4.79 Å². The van der Waals surface area contributed by atoms with Crippen LogP contribution < -0.4 is 16.0 Å². The Morgan fingerprint density at radius 1 is 1.10 bits per heavy atom. The van der Waals surface area contributed by atoms with E-state index in [1.807, 2.05) is 37.3 Å². The number of rotatable bonds is 2. The third kappa shape index (κ3) is 3.23. The Labute approximate surface area is 124 Å². The third-order valence-electron chi connectivity index (χ3n) is 3.74. The summed E-state index contributed by atoms with van der Waals surface area (Å²) >= 11 is 0. The van der Waals surface area contributed by atoms with Gasteiger partial charge in [0.05, 0.1) is 0 Å². The summed E-state index contributed by atoms with van der Waals surface area (Å²) in [6, 6.07) is 13.6. The van der Waals surface area contributed by atoms with Crippen LogP contribution in [0.4, 0.5) is 16.2 Å². The fourth-order valence-electron chi connectivity index (χ4n) is 2.55. The molecule has 4 heteroatoms. The van der Waals surface area contributed by atoms with Crippen molar-refractivity contribution in [1.29, 1.82) is 0 Å². The molecule has 0 saturated carbocycles. The van der Waals surface area contributed by atoms with E-state index >= 15 is 0 Å².